The molecule has 0 spiro atoms. The molecule has 6 nitrogen and oxygen atoms in total. The molecule has 2 N–H and O–H groups in total. The highest BCUT2D eigenvalue weighted by atomic mass is 32.1. The SMILES string of the molecule is Cc1ccc(C(=O)N=c2sc(N)c(C#N)c3c(=O)c4ccccc4c=3n2-c2ccc(C)cc2)cc1. The van der Waals surface area contributed by atoms with Crippen molar-refractivity contribution in [3.05, 3.63) is 121 Å². The Morgan fingerprint density at radius 2 is 1.54 bits per heavy atom. The van der Waals surface area contributed by atoms with E-state index in [9.17, 15) is 14.9 Å². The molecule has 0 unspecified atom stereocenters. The zero-order valence-electron chi connectivity index (χ0n) is 19.1. The summed E-state index contributed by atoms with van der Waals surface area (Å²) in [5.74, 6) is -0.447. The highest BCUT2D eigenvalue weighted by molar-refractivity contribution is 7.13. The first-order valence-corrected chi connectivity index (χ1v) is 11.7. The Morgan fingerprint density at radius 3 is 2.17 bits per heavy atom. The lowest BCUT2D eigenvalue weighted by atomic mass is 10.1. The molecule has 35 heavy (non-hydrogen) atoms. The number of nitrogens with zero attached hydrogens (tertiary/aromatic N) is 3. The zero-order valence-corrected chi connectivity index (χ0v) is 19.9. The molecule has 1 amide bonds. The van der Waals surface area contributed by atoms with Crippen molar-refractivity contribution in [3.63, 3.8) is 0 Å². The van der Waals surface area contributed by atoms with Crippen molar-refractivity contribution in [2.24, 2.45) is 4.99 Å². The normalized spacial score (nSPS) is 11.6. The second-order valence-electron chi connectivity index (χ2n) is 8.29. The van der Waals surface area contributed by atoms with Gasteiger partial charge in [-0.3, -0.25) is 14.2 Å². The van der Waals surface area contributed by atoms with E-state index in [1.165, 1.54) is 0 Å². The summed E-state index contributed by atoms with van der Waals surface area (Å²) in [6.45, 7) is 3.92. The molecule has 0 atom stereocenters. The Bertz CT molecular complexity index is 1860. The molecule has 7 heteroatoms. The third-order valence-electron chi connectivity index (χ3n) is 5.90. The van der Waals surface area contributed by atoms with Gasteiger partial charge >= 0.3 is 0 Å². The minimum Gasteiger partial charge on any atom is -0.389 e. The number of nitrogens with two attached hydrogens (primary N) is 1. The first kappa shape index (κ1) is 22.3. The predicted octanol–water partition coefficient (Wildman–Crippen LogP) is 4.59. The van der Waals surface area contributed by atoms with Gasteiger partial charge in [0.1, 0.15) is 11.1 Å². The van der Waals surface area contributed by atoms with E-state index in [1.807, 2.05) is 62.4 Å². The van der Waals surface area contributed by atoms with Gasteiger partial charge in [0.05, 0.1) is 16.1 Å². The topological polar surface area (TPSA) is 101 Å². The molecule has 0 saturated carbocycles. The van der Waals surface area contributed by atoms with E-state index in [0.29, 0.717) is 27.4 Å². The average Bonchev–Trinajstić information content (AvgIpc) is 3.06. The molecular weight excluding hydrogens is 456 g/mol. The molecule has 5 rings (SSSR count). The number of fused-ring (bicyclic) bond motifs is 2. The van der Waals surface area contributed by atoms with Crippen LogP contribution < -0.4 is 16.0 Å². The van der Waals surface area contributed by atoms with Crippen LogP contribution in [0.3, 0.4) is 0 Å². The van der Waals surface area contributed by atoms with Gasteiger partial charge in [-0.2, -0.15) is 10.3 Å². The molecule has 0 aromatic heterocycles. The van der Waals surface area contributed by atoms with Crippen LogP contribution in [-0.4, -0.2) is 10.5 Å². The van der Waals surface area contributed by atoms with Gasteiger partial charge in [-0.05, 0) is 38.1 Å². The monoisotopic (exact) mass is 476 g/mol. The minimum absolute atomic E-state index is 0.0799. The minimum atomic E-state index is -0.447. The molecule has 1 aliphatic carbocycles. The quantitative estimate of drug-likeness (QED) is 0.403. The fourth-order valence-corrected chi connectivity index (χ4v) is 4.97. The number of benzene rings is 3. The van der Waals surface area contributed by atoms with Crippen LogP contribution in [0.25, 0.3) is 16.5 Å². The van der Waals surface area contributed by atoms with Gasteiger partial charge in [-0.1, -0.05) is 71.0 Å². The molecule has 0 saturated heterocycles. The molecular formula is C28H20N4O2S. The molecule has 0 fully saturated rings. The number of nitriles is 1. The highest BCUT2D eigenvalue weighted by Crippen LogP contribution is 2.22. The van der Waals surface area contributed by atoms with Crippen LogP contribution in [0.1, 0.15) is 27.0 Å². The molecule has 1 aliphatic heterocycles. The number of amides is 1. The van der Waals surface area contributed by atoms with Crippen molar-refractivity contribution in [2.45, 2.75) is 13.8 Å². The smallest absolute Gasteiger partial charge is 0.279 e. The van der Waals surface area contributed by atoms with Crippen LogP contribution in [0.5, 0.6) is 0 Å². The van der Waals surface area contributed by atoms with E-state index in [0.717, 1.165) is 22.5 Å². The second-order valence-corrected chi connectivity index (χ2v) is 9.30. The Balaban J connectivity index is 2.04. The lowest BCUT2D eigenvalue weighted by Gasteiger charge is -2.07. The number of nitrogen functional groups attached to an aromatic ring is 1. The summed E-state index contributed by atoms with van der Waals surface area (Å²) in [4.78, 5) is 31.4. The molecule has 3 aromatic rings. The average molecular weight is 477 g/mol. The van der Waals surface area contributed by atoms with E-state index in [2.05, 4.69) is 11.1 Å². The molecule has 2 aliphatic rings. The van der Waals surface area contributed by atoms with Crippen LogP contribution in [0, 0.1) is 35.7 Å². The first-order valence-electron chi connectivity index (χ1n) is 10.9. The van der Waals surface area contributed by atoms with Gasteiger partial charge in [0.15, 0.2) is 10.2 Å². The summed E-state index contributed by atoms with van der Waals surface area (Å²) in [5, 5.41) is 11.9. The number of anilines is 1. The lowest BCUT2D eigenvalue weighted by molar-refractivity contribution is 0.0998. The summed E-state index contributed by atoms with van der Waals surface area (Å²) in [6.07, 6.45) is 0. The summed E-state index contributed by atoms with van der Waals surface area (Å²) in [6, 6.07) is 24.1. The van der Waals surface area contributed by atoms with Crippen LogP contribution in [0.2, 0.25) is 0 Å². The maximum absolute atomic E-state index is 13.5. The summed E-state index contributed by atoms with van der Waals surface area (Å²) in [7, 11) is 0. The number of hydrogen-bond acceptors (Lipinski definition) is 5. The Labute approximate surface area is 204 Å². The molecule has 1 heterocycles. The number of rotatable bonds is 2. The van der Waals surface area contributed by atoms with E-state index in [1.54, 1.807) is 28.8 Å². The molecule has 170 valence electrons. The molecule has 0 bridgehead atoms. The van der Waals surface area contributed by atoms with Crippen molar-refractivity contribution in [1.82, 2.24) is 4.57 Å². The fraction of sp³-hybridized carbons (Fsp3) is 0.0714. The summed E-state index contributed by atoms with van der Waals surface area (Å²) in [5.41, 5.74) is 9.35. The standard InChI is InChI=1S/C28H20N4O2S/c1-16-7-11-18(12-8-16)27(34)31-28-32(19-13-9-17(2)10-14-19)24-20-5-3-4-6-21(20)25(33)23(24)22(15-29)26(30)35-28/h3-14H,30H2,1-2H3. The number of carbonyl (C=O) groups is 1. The van der Waals surface area contributed by atoms with Gasteiger partial charge in [0.2, 0.25) is 0 Å². The first-order chi connectivity index (χ1) is 16.9. The van der Waals surface area contributed by atoms with Gasteiger partial charge in [0.25, 0.3) is 5.91 Å². The van der Waals surface area contributed by atoms with E-state index < -0.39 is 5.91 Å². The lowest BCUT2D eigenvalue weighted by Crippen LogP contribution is -2.18. The van der Waals surface area contributed by atoms with Crippen molar-refractivity contribution in [2.75, 3.05) is 5.73 Å². The van der Waals surface area contributed by atoms with Crippen molar-refractivity contribution in [1.29, 1.82) is 5.26 Å². The summed E-state index contributed by atoms with van der Waals surface area (Å²) < 4.78 is 1.76. The fourth-order valence-electron chi connectivity index (χ4n) is 4.11. The largest absolute Gasteiger partial charge is 0.389 e. The van der Waals surface area contributed by atoms with Crippen LogP contribution >= 0.6 is 11.3 Å². The van der Waals surface area contributed by atoms with Crippen molar-refractivity contribution in [3.8, 4) is 11.8 Å². The van der Waals surface area contributed by atoms with Gasteiger partial charge in [0, 0.05) is 22.0 Å². The van der Waals surface area contributed by atoms with E-state index in [-0.39, 0.29) is 26.0 Å². The number of hydrogen-bond donors (Lipinski definition) is 1. The zero-order chi connectivity index (χ0) is 24.7. The van der Waals surface area contributed by atoms with Gasteiger partial charge < -0.3 is 5.73 Å². The third kappa shape index (κ3) is 3.80. The van der Waals surface area contributed by atoms with Crippen LogP contribution in [0.4, 0.5) is 5.00 Å². The highest BCUT2D eigenvalue weighted by Gasteiger charge is 2.17. The second kappa shape index (κ2) is 8.67. The Hall–Kier alpha value is -4.54. The van der Waals surface area contributed by atoms with Gasteiger partial charge in [-0.15, -0.1) is 0 Å². The predicted molar refractivity (Wildman–Crippen MR) is 138 cm³/mol. The maximum atomic E-state index is 13.5. The third-order valence-corrected chi connectivity index (χ3v) is 6.78. The summed E-state index contributed by atoms with van der Waals surface area (Å²) >= 11 is 1.00. The number of carbonyl (C=O) groups excluding carboxylic acids is 1. The molecule has 3 aromatic carbocycles. The van der Waals surface area contributed by atoms with Crippen LogP contribution in [0.15, 0.2) is 82.6 Å². The Morgan fingerprint density at radius 1 is 0.943 bits per heavy atom. The van der Waals surface area contributed by atoms with Gasteiger partial charge in [-0.25, -0.2) is 0 Å². The van der Waals surface area contributed by atoms with E-state index >= 15 is 0 Å². The van der Waals surface area contributed by atoms with Crippen molar-refractivity contribution < 1.29 is 4.79 Å². The van der Waals surface area contributed by atoms with Crippen molar-refractivity contribution >= 4 is 33.0 Å². The Kier molecular flexibility index (Phi) is 5.51. The molecule has 0 radical (unpaired) electrons. The number of aryl methyl sites for hydroxylation is 2. The maximum Gasteiger partial charge on any atom is 0.279 e. The van der Waals surface area contributed by atoms with Crippen LogP contribution in [-0.2, 0) is 0 Å². The van der Waals surface area contributed by atoms with E-state index in [4.69, 9.17) is 5.73 Å². The number of aromatic nitrogens is 1.